The Kier molecular flexibility index (Phi) is 3.13. The van der Waals surface area contributed by atoms with E-state index < -0.39 is 0 Å². The number of hydrogen-bond donors (Lipinski definition) is 1. The lowest BCUT2D eigenvalue weighted by Crippen LogP contribution is -2.28. The van der Waals surface area contributed by atoms with Crippen LogP contribution in [0.15, 0.2) is 27.1 Å². The van der Waals surface area contributed by atoms with Gasteiger partial charge in [0.25, 0.3) is 0 Å². The normalized spacial score (nSPS) is 21.1. The van der Waals surface area contributed by atoms with Crippen molar-refractivity contribution < 1.29 is 4.79 Å². The Labute approximate surface area is 105 Å². The molecule has 15 heavy (non-hydrogen) atoms. The van der Waals surface area contributed by atoms with Crippen molar-refractivity contribution in [2.24, 2.45) is 5.73 Å². The summed E-state index contributed by atoms with van der Waals surface area (Å²) in [7, 11) is 0. The molecular weight excluding hydrogens is 324 g/mol. The maximum Gasteiger partial charge on any atom is 0.228 e. The lowest BCUT2D eigenvalue weighted by molar-refractivity contribution is -0.117. The molecular formula is C10H10Br2N2O. The minimum absolute atomic E-state index is 0.0481. The first-order valence-electron chi connectivity index (χ1n) is 4.59. The van der Waals surface area contributed by atoms with Gasteiger partial charge in [0.2, 0.25) is 5.91 Å². The second kappa shape index (κ2) is 4.23. The molecule has 1 amide bonds. The summed E-state index contributed by atoms with van der Waals surface area (Å²) in [5.41, 5.74) is 6.63. The molecule has 0 aliphatic carbocycles. The second-order valence-corrected chi connectivity index (χ2v) is 5.33. The molecule has 2 N–H and O–H groups in total. The van der Waals surface area contributed by atoms with Crippen molar-refractivity contribution >= 4 is 43.5 Å². The van der Waals surface area contributed by atoms with E-state index in [2.05, 4.69) is 31.9 Å². The van der Waals surface area contributed by atoms with E-state index in [0.29, 0.717) is 13.0 Å². The third-order valence-electron chi connectivity index (χ3n) is 2.36. The molecule has 0 bridgehead atoms. The summed E-state index contributed by atoms with van der Waals surface area (Å²) in [5.74, 6) is 0.0884. The largest absolute Gasteiger partial charge is 0.326 e. The van der Waals surface area contributed by atoms with Crippen LogP contribution in [0.1, 0.15) is 6.42 Å². The van der Waals surface area contributed by atoms with E-state index in [1.807, 2.05) is 18.2 Å². The van der Waals surface area contributed by atoms with Gasteiger partial charge in [-0.05, 0) is 34.1 Å². The molecule has 1 unspecified atom stereocenters. The number of halogens is 2. The summed E-state index contributed by atoms with van der Waals surface area (Å²) in [5, 5.41) is 0. The summed E-state index contributed by atoms with van der Waals surface area (Å²) in [6.07, 6.45) is 0.433. The number of amides is 1. The third kappa shape index (κ3) is 2.24. The number of hydrogen-bond acceptors (Lipinski definition) is 2. The minimum atomic E-state index is -0.0481. The average molecular weight is 334 g/mol. The maximum absolute atomic E-state index is 11.6. The van der Waals surface area contributed by atoms with Crippen molar-refractivity contribution in [3.8, 4) is 0 Å². The smallest absolute Gasteiger partial charge is 0.228 e. The zero-order valence-corrected chi connectivity index (χ0v) is 11.1. The van der Waals surface area contributed by atoms with Gasteiger partial charge in [-0.1, -0.05) is 15.9 Å². The van der Waals surface area contributed by atoms with Crippen molar-refractivity contribution in [3.63, 3.8) is 0 Å². The molecule has 2 rings (SSSR count). The quantitative estimate of drug-likeness (QED) is 0.857. The highest BCUT2D eigenvalue weighted by Crippen LogP contribution is 2.31. The van der Waals surface area contributed by atoms with Crippen LogP contribution in [0, 0.1) is 0 Å². The highest BCUT2D eigenvalue weighted by atomic mass is 79.9. The van der Waals surface area contributed by atoms with Crippen LogP contribution in [0.25, 0.3) is 0 Å². The lowest BCUT2D eigenvalue weighted by atomic mass is 10.3. The van der Waals surface area contributed by atoms with Gasteiger partial charge >= 0.3 is 0 Å². The van der Waals surface area contributed by atoms with Crippen LogP contribution < -0.4 is 10.6 Å². The highest BCUT2D eigenvalue weighted by Gasteiger charge is 2.29. The number of carbonyl (C=O) groups is 1. The fourth-order valence-electron chi connectivity index (χ4n) is 1.67. The van der Waals surface area contributed by atoms with E-state index in [9.17, 15) is 4.79 Å². The zero-order chi connectivity index (χ0) is 11.0. The van der Waals surface area contributed by atoms with Crippen LogP contribution in [-0.4, -0.2) is 18.5 Å². The topological polar surface area (TPSA) is 46.3 Å². The number of anilines is 1. The molecule has 0 spiro atoms. The van der Waals surface area contributed by atoms with Crippen LogP contribution in [0.2, 0.25) is 0 Å². The van der Waals surface area contributed by atoms with E-state index in [0.717, 1.165) is 14.6 Å². The third-order valence-corrected chi connectivity index (χ3v) is 3.48. The first-order valence-corrected chi connectivity index (χ1v) is 6.17. The Bertz CT molecular complexity index is 408. The van der Waals surface area contributed by atoms with E-state index in [-0.39, 0.29) is 11.9 Å². The number of carbonyl (C=O) groups excluding carboxylic acids is 1. The summed E-state index contributed by atoms with van der Waals surface area (Å²) >= 11 is 6.81. The van der Waals surface area contributed by atoms with Crippen LogP contribution in [0.5, 0.6) is 0 Å². The summed E-state index contributed by atoms with van der Waals surface area (Å²) < 4.78 is 1.88. The average Bonchev–Trinajstić information content (AvgIpc) is 2.45. The monoisotopic (exact) mass is 332 g/mol. The lowest BCUT2D eigenvalue weighted by Gasteiger charge is -2.17. The SMILES string of the molecule is NC1CC(=O)N(c2ccc(Br)cc2Br)C1. The van der Waals surface area contributed by atoms with Crippen LogP contribution in [0.4, 0.5) is 5.69 Å². The first kappa shape index (κ1) is 11.1. The van der Waals surface area contributed by atoms with E-state index in [1.54, 1.807) is 4.90 Å². The molecule has 1 aromatic rings. The van der Waals surface area contributed by atoms with Crippen molar-refractivity contribution in [1.29, 1.82) is 0 Å². The van der Waals surface area contributed by atoms with Crippen LogP contribution in [-0.2, 0) is 4.79 Å². The summed E-state index contributed by atoms with van der Waals surface area (Å²) in [6, 6.07) is 5.70. The molecule has 0 aromatic heterocycles. The standard InChI is InChI=1S/C10H10Br2N2O/c11-6-1-2-9(8(12)3-6)14-5-7(13)4-10(14)15/h1-3,7H,4-5,13H2. The number of nitrogens with zero attached hydrogens (tertiary/aromatic N) is 1. The van der Waals surface area contributed by atoms with Gasteiger partial charge in [0.15, 0.2) is 0 Å². The van der Waals surface area contributed by atoms with Gasteiger partial charge in [-0.15, -0.1) is 0 Å². The fraction of sp³-hybridized carbons (Fsp3) is 0.300. The van der Waals surface area contributed by atoms with E-state index in [1.165, 1.54) is 0 Å². The van der Waals surface area contributed by atoms with Crippen molar-refractivity contribution in [2.75, 3.05) is 11.4 Å². The molecule has 1 atom stereocenters. The Balaban J connectivity index is 2.34. The Morgan fingerprint density at radius 2 is 2.13 bits per heavy atom. The van der Waals surface area contributed by atoms with Gasteiger partial charge in [-0.25, -0.2) is 0 Å². The van der Waals surface area contributed by atoms with Gasteiger partial charge in [0.05, 0.1) is 5.69 Å². The molecule has 0 radical (unpaired) electrons. The predicted octanol–water partition coefficient (Wildman–Crippen LogP) is 2.28. The highest BCUT2D eigenvalue weighted by molar-refractivity contribution is 9.11. The molecule has 1 aliphatic heterocycles. The minimum Gasteiger partial charge on any atom is -0.326 e. The van der Waals surface area contributed by atoms with Crippen LogP contribution >= 0.6 is 31.9 Å². The maximum atomic E-state index is 11.6. The second-order valence-electron chi connectivity index (χ2n) is 3.56. The van der Waals surface area contributed by atoms with Gasteiger partial charge in [-0.3, -0.25) is 4.79 Å². The van der Waals surface area contributed by atoms with Gasteiger partial charge < -0.3 is 10.6 Å². The molecule has 1 aromatic carbocycles. The van der Waals surface area contributed by atoms with Crippen molar-refractivity contribution in [1.82, 2.24) is 0 Å². The van der Waals surface area contributed by atoms with Crippen LogP contribution in [0.3, 0.4) is 0 Å². The summed E-state index contributed by atoms with van der Waals surface area (Å²) in [4.78, 5) is 13.4. The fourth-order valence-corrected chi connectivity index (χ4v) is 2.93. The first-order chi connectivity index (χ1) is 7.08. The molecule has 3 nitrogen and oxygen atoms in total. The predicted molar refractivity (Wildman–Crippen MR) is 66.8 cm³/mol. The number of rotatable bonds is 1. The van der Waals surface area contributed by atoms with Crippen molar-refractivity contribution in [2.45, 2.75) is 12.5 Å². The van der Waals surface area contributed by atoms with Gasteiger partial charge in [-0.2, -0.15) is 0 Å². The molecule has 1 aliphatic rings. The summed E-state index contributed by atoms with van der Waals surface area (Å²) in [6.45, 7) is 0.596. The Morgan fingerprint density at radius 1 is 1.40 bits per heavy atom. The number of nitrogens with two attached hydrogens (primary N) is 1. The van der Waals surface area contributed by atoms with Gasteiger partial charge in [0, 0.05) is 28.0 Å². The Morgan fingerprint density at radius 3 is 2.67 bits per heavy atom. The molecule has 5 heteroatoms. The van der Waals surface area contributed by atoms with Crippen molar-refractivity contribution in [3.05, 3.63) is 27.1 Å². The Hall–Kier alpha value is -0.390. The van der Waals surface area contributed by atoms with Gasteiger partial charge in [0.1, 0.15) is 0 Å². The number of benzene rings is 1. The molecule has 1 fully saturated rings. The molecule has 1 saturated heterocycles. The van der Waals surface area contributed by atoms with E-state index in [4.69, 9.17) is 5.73 Å². The molecule has 80 valence electrons. The zero-order valence-electron chi connectivity index (χ0n) is 7.91. The molecule has 0 saturated carbocycles. The van der Waals surface area contributed by atoms with E-state index >= 15 is 0 Å². The molecule has 1 heterocycles.